The van der Waals surface area contributed by atoms with Gasteiger partial charge >= 0.3 is 0 Å². The molecule has 21 heavy (non-hydrogen) atoms. The molecule has 0 fully saturated rings. The van der Waals surface area contributed by atoms with Crippen LogP contribution in [0.4, 0.5) is 0 Å². The molecular weight excluding hydrogens is 292 g/mol. The van der Waals surface area contributed by atoms with Crippen molar-refractivity contribution in [3.05, 3.63) is 17.1 Å². The highest BCUT2D eigenvalue weighted by Crippen LogP contribution is 2.30. The molecule has 0 amide bonds. The van der Waals surface area contributed by atoms with Crippen molar-refractivity contribution in [2.24, 2.45) is 5.73 Å². The van der Waals surface area contributed by atoms with E-state index in [1.54, 1.807) is 21.0 Å². The average molecular weight is 318 g/mol. The lowest BCUT2D eigenvalue weighted by Crippen LogP contribution is -2.41. The van der Waals surface area contributed by atoms with Crippen LogP contribution in [-0.2, 0) is 21.3 Å². The molecule has 0 saturated carbocycles. The standard InChI is InChI=1S/C14H26N2O4S/c1-6-10(2)16(7-8-19-5)21(17,18)14-12(4)20-11(3)13(14)9-15/h10H,6-9,15H2,1-5H3. The van der Waals surface area contributed by atoms with E-state index in [1.165, 1.54) is 4.31 Å². The molecule has 0 aliphatic carbocycles. The third-order valence-electron chi connectivity index (χ3n) is 3.69. The first kappa shape index (κ1) is 18.2. The lowest BCUT2D eigenvalue weighted by Gasteiger charge is -2.27. The van der Waals surface area contributed by atoms with Gasteiger partial charge < -0.3 is 14.9 Å². The molecule has 1 unspecified atom stereocenters. The third kappa shape index (κ3) is 3.66. The van der Waals surface area contributed by atoms with Crippen LogP contribution in [-0.4, -0.2) is 39.0 Å². The van der Waals surface area contributed by atoms with Gasteiger partial charge in [-0.2, -0.15) is 4.31 Å². The van der Waals surface area contributed by atoms with Crippen molar-refractivity contribution >= 4 is 10.0 Å². The minimum absolute atomic E-state index is 0.120. The Labute approximate surface area is 127 Å². The molecule has 2 N–H and O–H groups in total. The smallest absolute Gasteiger partial charge is 0.247 e. The van der Waals surface area contributed by atoms with Crippen LogP contribution in [0.15, 0.2) is 9.31 Å². The summed E-state index contributed by atoms with van der Waals surface area (Å²) in [6.45, 7) is 8.02. The van der Waals surface area contributed by atoms with E-state index in [4.69, 9.17) is 14.9 Å². The van der Waals surface area contributed by atoms with Crippen LogP contribution >= 0.6 is 0 Å². The molecule has 1 aromatic heterocycles. The zero-order valence-corrected chi connectivity index (χ0v) is 14.3. The predicted molar refractivity (Wildman–Crippen MR) is 81.6 cm³/mol. The summed E-state index contributed by atoms with van der Waals surface area (Å²) in [6.07, 6.45) is 0.719. The van der Waals surface area contributed by atoms with E-state index in [2.05, 4.69) is 0 Å². The van der Waals surface area contributed by atoms with Gasteiger partial charge in [-0.15, -0.1) is 0 Å². The lowest BCUT2D eigenvalue weighted by molar-refractivity contribution is 0.167. The SMILES string of the molecule is CCC(C)N(CCOC)S(=O)(=O)c1c(C)oc(C)c1CN. The molecule has 7 heteroatoms. The Morgan fingerprint density at radius 2 is 1.95 bits per heavy atom. The van der Waals surface area contributed by atoms with Crippen LogP contribution in [0.3, 0.4) is 0 Å². The van der Waals surface area contributed by atoms with Crippen molar-refractivity contribution < 1.29 is 17.6 Å². The van der Waals surface area contributed by atoms with Crippen molar-refractivity contribution in [1.82, 2.24) is 4.31 Å². The van der Waals surface area contributed by atoms with Crippen LogP contribution < -0.4 is 5.73 Å². The van der Waals surface area contributed by atoms with Gasteiger partial charge in [-0.1, -0.05) is 6.92 Å². The Balaban J connectivity index is 3.35. The molecule has 6 nitrogen and oxygen atoms in total. The van der Waals surface area contributed by atoms with Gasteiger partial charge in [0.15, 0.2) is 0 Å². The number of nitrogens with zero attached hydrogens (tertiary/aromatic N) is 1. The monoisotopic (exact) mass is 318 g/mol. The molecule has 1 heterocycles. The molecule has 0 saturated heterocycles. The Bertz CT molecular complexity index is 566. The summed E-state index contributed by atoms with van der Waals surface area (Å²) in [6, 6.07) is -0.120. The highest BCUT2D eigenvalue weighted by molar-refractivity contribution is 7.89. The number of hydrogen-bond acceptors (Lipinski definition) is 5. The predicted octanol–water partition coefficient (Wildman–Crippen LogP) is 1.79. The molecule has 0 aromatic carbocycles. The Hall–Kier alpha value is -0.890. The summed E-state index contributed by atoms with van der Waals surface area (Å²) < 4.78 is 38.0. The molecule has 1 aromatic rings. The third-order valence-corrected chi connectivity index (χ3v) is 5.90. The first-order valence-electron chi connectivity index (χ1n) is 7.10. The molecule has 122 valence electrons. The average Bonchev–Trinajstić information content (AvgIpc) is 2.72. The number of nitrogens with two attached hydrogens (primary N) is 1. The van der Waals surface area contributed by atoms with Gasteiger partial charge in [0.25, 0.3) is 0 Å². The fourth-order valence-corrected chi connectivity index (χ4v) is 4.48. The summed E-state index contributed by atoms with van der Waals surface area (Å²) in [5.74, 6) is 0.947. The van der Waals surface area contributed by atoms with Gasteiger partial charge in [-0.3, -0.25) is 0 Å². The van der Waals surface area contributed by atoms with Crippen molar-refractivity contribution in [1.29, 1.82) is 0 Å². The van der Waals surface area contributed by atoms with Gasteiger partial charge in [0.2, 0.25) is 10.0 Å². The Morgan fingerprint density at radius 1 is 1.33 bits per heavy atom. The van der Waals surface area contributed by atoms with Gasteiger partial charge in [-0.05, 0) is 27.2 Å². The number of hydrogen-bond donors (Lipinski definition) is 1. The van der Waals surface area contributed by atoms with E-state index in [0.717, 1.165) is 6.42 Å². The normalized spacial score (nSPS) is 13.9. The van der Waals surface area contributed by atoms with Crippen LogP contribution in [0.1, 0.15) is 37.4 Å². The summed E-state index contributed by atoms with van der Waals surface area (Å²) in [5, 5.41) is 0. The molecule has 0 radical (unpaired) electrons. The first-order valence-corrected chi connectivity index (χ1v) is 8.54. The number of rotatable bonds is 8. The van der Waals surface area contributed by atoms with Gasteiger partial charge in [0.05, 0.1) is 6.61 Å². The second kappa shape index (κ2) is 7.40. The largest absolute Gasteiger partial charge is 0.465 e. The van der Waals surface area contributed by atoms with Crippen LogP contribution in [0, 0.1) is 13.8 Å². The van der Waals surface area contributed by atoms with Gasteiger partial charge in [0.1, 0.15) is 16.4 Å². The lowest BCUT2D eigenvalue weighted by atomic mass is 10.2. The minimum Gasteiger partial charge on any atom is -0.465 e. The molecule has 0 aliphatic heterocycles. The van der Waals surface area contributed by atoms with Crippen LogP contribution in [0.5, 0.6) is 0 Å². The number of ether oxygens (including phenoxy) is 1. The number of furan rings is 1. The Kier molecular flexibility index (Phi) is 6.40. The minimum atomic E-state index is -3.66. The molecule has 0 spiro atoms. The highest BCUT2D eigenvalue weighted by Gasteiger charge is 2.34. The van der Waals surface area contributed by atoms with E-state index in [-0.39, 0.29) is 17.5 Å². The van der Waals surface area contributed by atoms with Crippen molar-refractivity contribution in [2.75, 3.05) is 20.3 Å². The summed E-state index contributed by atoms with van der Waals surface area (Å²) in [7, 11) is -2.10. The molecule has 1 rings (SSSR count). The van der Waals surface area contributed by atoms with E-state index in [1.807, 2.05) is 13.8 Å². The maximum atomic E-state index is 13.0. The highest BCUT2D eigenvalue weighted by atomic mass is 32.2. The summed E-state index contributed by atoms with van der Waals surface area (Å²) >= 11 is 0. The molecular formula is C14H26N2O4S. The molecule has 0 aliphatic rings. The number of aryl methyl sites for hydroxylation is 2. The maximum absolute atomic E-state index is 13.0. The van der Waals surface area contributed by atoms with E-state index >= 15 is 0 Å². The maximum Gasteiger partial charge on any atom is 0.247 e. The van der Waals surface area contributed by atoms with E-state index in [9.17, 15) is 8.42 Å². The van der Waals surface area contributed by atoms with Crippen LogP contribution in [0.2, 0.25) is 0 Å². The second-order valence-electron chi connectivity index (χ2n) is 5.09. The van der Waals surface area contributed by atoms with Crippen molar-refractivity contribution in [3.63, 3.8) is 0 Å². The fraction of sp³-hybridized carbons (Fsp3) is 0.714. The van der Waals surface area contributed by atoms with E-state index < -0.39 is 10.0 Å². The Morgan fingerprint density at radius 3 is 2.43 bits per heavy atom. The second-order valence-corrected chi connectivity index (χ2v) is 6.92. The zero-order chi connectivity index (χ0) is 16.2. The molecule has 1 atom stereocenters. The number of sulfonamides is 1. The van der Waals surface area contributed by atoms with Crippen molar-refractivity contribution in [2.45, 2.75) is 51.6 Å². The summed E-state index contributed by atoms with van der Waals surface area (Å²) in [4.78, 5) is 0.207. The number of methoxy groups -OCH3 is 1. The summed E-state index contributed by atoms with van der Waals surface area (Å²) in [5.41, 5.74) is 6.26. The van der Waals surface area contributed by atoms with Crippen molar-refractivity contribution in [3.8, 4) is 0 Å². The molecule has 0 bridgehead atoms. The van der Waals surface area contributed by atoms with E-state index in [0.29, 0.717) is 30.2 Å². The fourth-order valence-electron chi connectivity index (χ4n) is 2.36. The zero-order valence-electron chi connectivity index (χ0n) is 13.5. The van der Waals surface area contributed by atoms with Gasteiger partial charge in [0, 0.05) is 31.8 Å². The first-order chi connectivity index (χ1) is 9.81. The quantitative estimate of drug-likeness (QED) is 0.790. The van der Waals surface area contributed by atoms with Crippen LogP contribution in [0.25, 0.3) is 0 Å². The topological polar surface area (TPSA) is 85.8 Å². The van der Waals surface area contributed by atoms with Gasteiger partial charge in [-0.25, -0.2) is 8.42 Å².